The zero-order valence-electron chi connectivity index (χ0n) is 10.5. The Labute approximate surface area is 111 Å². The molecule has 0 aliphatic carbocycles. The fourth-order valence-corrected chi connectivity index (χ4v) is 1.56. The van der Waals surface area contributed by atoms with Gasteiger partial charge in [0.1, 0.15) is 12.4 Å². The van der Waals surface area contributed by atoms with E-state index in [9.17, 15) is 9.59 Å². The molecule has 98 valence electrons. The van der Waals surface area contributed by atoms with Gasteiger partial charge in [0.15, 0.2) is 6.29 Å². The van der Waals surface area contributed by atoms with Gasteiger partial charge in [0.25, 0.3) is 0 Å². The van der Waals surface area contributed by atoms with Crippen LogP contribution in [-0.4, -0.2) is 26.0 Å². The van der Waals surface area contributed by atoms with Crippen LogP contribution < -0.4 is 4.74 Å². The molecule has 0 atom stereocenters. The van der Waals surface area contributed by atoms with Crippen molar-refractivity contribution in [3.8, 4) is 5.75 Å². The summed E-state index contributed by atoms with van der Waals surface area (Å²) in [6.07, 6.45) is 0.628. The maximum Gasteiger partial charge on any atom is 0.314 e. The van der Waals surface area contributed by atoms with Gasteiger partial charge >= 0.3 is 5.97 Å². The number of carbonyl (C=O) groups is 2. The Hall–Kier alpha value is -1.55. The van der Waals surface area contributed by atoms with Crippen LogP contribution in [0, 0.1) is 5.41 Å². The molecule has 0 saturated carbocycles. The number of aldehydes is 1. The lowest BCUT2D eigenvalue weighted by molar-refractivity contribution is -0.152. The van der Waals surface area contributed by atoms with Crippen molar-refractivity contribution in [2.24, 2.45) is 5.41 Å². The molecule has 1 rings (SSSR count). The summed E-state index contributed by atoms with van der Waals surface area (Å²) in [6, 6.07) is 4.91. The Kier molecular flexibility index (Phi) is 4.73. The molecule has 0 aliphatic heterocycles. The molecular formula is C13H15ClO4. The minimum absolute atomic E-state index is 0.0981. The number of rotatable bonds is 5. The summed E-state index contributed by atoms with van der Waals surface area (Å²) in [4.78, 5) is 22.4. The van der Waals surface area contributed by atoms with Crippen molar-refractivity contribution in [2.45, 2.75) is 13.8 Å². The fourth-order valence-electron chi connectivity index (χ4n) is 1.35. The van der Waals surface area contributed by atoms with Crippen molar-refractivity contribution in [1.82, 2.24) is 0 Å². The van der Waals surface area contributed by atoms with E-state index >= 15 is 0 Å². The standard InChI is InChI=1S/C13H15ClO4/c1-13(2,12(16)17-3)8-18-11-6-4-5-10(14)9(11)7-15/h4-7H,8H2,1-3H3. The number of halogens is 1. The van der Waals surface area contributed by atoms with E-state index < -0.39 is 5.41 Å². The predicted octanol–water partition coefficient (Wildman–Crippen LogP) is 2.73. The molecule has 0 fully saturated rings. The number of carbonyl (C=O) groups excluding carboxylic acids is 2. The van der Waals surface area contributed by atoms with Crippen LogP contribution in [0.25, 0.3) is 0 Å². The highest BCUT2D eigenvalue weighted by Crippen LogP contribution is 2.27. The highest BCUT2D eigenvalue weighted by Gasteiger charge is 2.30. The molecule has 0 N–H and O–H groups in total. The van der Waals surface area contributed by atoms with Crippen molar-refractivity contribution in [2.75, 3.05) is 13.7 Å². The van der Waals surface area contributed by atoms with Gasteiger partial charge in [-0.05, 0) is 26.0 Å². The van der Waals surface area contributed by atoms with Crippen LogP contribution in [-0.2, 0) is 9.53 Å². The molecule has 0 unspecified atom stereocenters. The number of methoxy groups -OCH3 is 1. The van der Waals surface area contributed by atoms with Gasteiger partial charge < -0.3 is 9.47 Å². The second kappa shape index (κ2) is 5.87. The molecule has 5 heteroatoms. The zero-order chi connectivity index (χ0) is 13.8. The van der Waals surface area contributed by atoms with E-state index in [1.54, 1.807) is 32.0 Å². The van der Waals surface area contributed by atoms with Gasteiger partial charge in [0.2, 0.25) is 0 Å². The average molecular weight is 271 g/mol. The summed E-state index contributed by atoms with van der Waals surface area (Å²) in [5, 5.41) is 0.318. The van der Waals surface area contributed by atoms with Gasteiger partial charge in [-0.2, -0.15) is 0 Å². The molecule has 1 aromatic carbocycles. The van der Waals surface area contributed by atoms with Gasteiger partial charge in [-0.3, -0.25) is 9.59 Å². The Morgan fingerprint density at radius 3 is 2.67 bits per heavy atom. The smallest absolute Gasteiger partial charge is 0.314 e. The summed E-state index contributed by atoms with van der Waals surface area (Å²) in [7, 11) is 1.32. The van der Waals surface area contributed by atoms with Crippen molar-refractivity contribution >= 4 is 23.9 Å². The van der Waals surface area contributed by atoms with E-state index in [1.807, 2.05) is 0 Å². The molecule has 0 bridgehead atoms. The van der Waals surface area contributed by atoms with Crippen LogP contribution in [0.1, 0.15) is 24.2 Å². The van der Waals surface area contributed by atoms with Crippen molar-refractivity contribution in [3.05, 3.63) is 28.8 Å². The van der Waals surface area contributed by atoms with Crippen LogP contribution in [0.15, 0.2) is 18.2 Å². The lowest BCUT2D eigenvalue weighted by Crippen LogP contribution is -2.32. The van der Waals surface area contributed by atoms with Crippen molar-refractivity contribution < 1.29 is 19.1 Å². The summed E-state index contributed by atoms with van der Waals surface area (Å²) < 4.78 is 10.1. The van der Waals surface area contributed by atoms with Gasteiger partial charge in [-0.15, -0.1) is 0 Å². The van der Waals surface area contributed by atoms with Crippen LogP contribution in [0.5, 0.6) is 5.75 Å². The molecule has 0 radical (unpaired) electrons. The third-order valence-corrected chi connectivity index (χ3v) is 2.79. The summed E-state index contributed by atoms with van der Waals surface area (Å²) in [5.41, 5.74) is -0.517. The van der Waals surface area contributed by atoms with E-state index in [0.29, 0.717) is 17.1 Å². The lowest BCUT2D eigenvalue weighted by Gasteiger charge is -2.22. The number of benzene rings is 1. The number of ether oxygens (including phenoxy) is 2. The van der Waals surface area contributed by atoms with Gasteiger partial charge in [-0.25, -0.2) is 0 Å². The van der Waals surface area contributed by atoms with E-state index in [4.69, 9.17) is 16.3 Å². The first-order valence-electron chi connectivity index (χ1n) is 5.37. The molecule has 1 aromatic rings. The largest absolute Gasteiger partial charge is 0.492 e. The highest BCUT2D eigenvalue weighted by atomic mass is 35.5. The second-order valence-corrected chi connectivity index (χ2v) is 4.84. The Morgan fingerprint density at radius 2 is 2.11 bits per heavy atom. The van der Waals surface area contributed by atoms with E-state index in [2.05, 4.69) is 4.74 Å². The Morgan fingerprint density at radius 1 is 1.44 bits per heavy atom. The maximum atomic E-state index is 11.5. The number of esters is 1. The SMILES string of the molecule is COC(=O)C(C)(C)COc1cccc(Cl)c1C=O. The van der Waals surface area contributed by atoms with Crippen molar-refractivity contribution in [1.29, 1.82) is 0 Å². The molecular weight excluding hydrogens is 256 g/mol. The van der Waals surface area contributed by atoms with Gasteiger partial charge in [0, 0.05) is 0 Å². The summed E-state index contributed by atoms with van der Waals surface area (Å²) >= 11 is 5.87. The molecule has 0 aromatic heterocycles. The van der Waals surface area contributed by atoms with Crippen molar-refractivity contribution in [3.63, 3.8) is 0 Å². The molecule has 0 aliphatic rings. The van der Waals surface area contributed by atoms with Crippen LogP contribution in [0.2, 0.25) is 5.02 Å². The molecule has 0 spiro atoms. The summed E-state index contributed by atoms with van der Waals surface area (Å²) in [5.74, 6) is -0.0216. The Bertz CT molecular complexity index is 454. The first-order valence-corrected chi connectivity index (χ1v) is 5.75. The maximum absolute atomic E-state index is 11.5. The zero-order valence-corrected chi connectivity index (χ0v) is 11.3. The van der Waals surface area contributed by atoms with Gasteiger partial charge in [-0.1, -0.05) is 17.7 Å². The Balaban J connectivity index is 2.84. The average Bonchev–Trinajstić information content (AvgIpc) is 2.35. The quantitative estimate of drug-likeness (QED) is 0.610. The molecule has 0 heterocycles. The van der Waals surface area contributed by atoms with E-state index in [1.165, 1.54) is 7.11 Å². The van der Waals surface area contributed by atoms with E-state index in [0.717, 1.165) is 0 Å². The van der Waals surface area contributed by atoms with Crippen LogP contribution >= 0.6 is 11.6 Å². The number of hydrogen-bond acceptors (Lipinski definition) is 4. The predicted molar refractivity (Wildman–Crippen MR) is 68.1 cm³/mol. The van der Waals surface area contributed by atoms with Crippen LogP contribution in [0.3, 0.4) is 0 Å². The first kappa shape index (κ1) is 14.5. The monoisotopic (exact) mass is 270 g/mol. The third kappa shape index (κ3) is 3.23. The van der Waals surface area contributed by atoms with Gasteiger partial charge in [0.05, 0.1) is 23.1 Å². The molecule has 0 saturated heterocycles. The fraction of sp³-hybridized carbons (Fsp3) is 0.385. The molecule has 0 amide bonds. The van der Waals surface area contributed by atoms with E-state index in [-0.39, 0.29) is 18.1 Å². The molecule has 18 heavy (non-hydrogen) atoms. The molecule has 4 nitrogen and oxygen atoms in total. The normalized spacial score (nSPS) is 10.9. The highest BCUT2D eigenvalue weighted by molar-refractivity contribution is 6.33. The van der Waals surface area contributed by atoms with Crippen LogP contribution in [0.4, 0.5) is 0 Å². The second-order valence-electron chi connectivity index (χ2n) is 4.43. The minimum atomic E-state index is -0.794. The number of hydrogen-bond donors (Lipinski definition) is 0. The first-order chi connectivity index (χ1) is 8.42. The summed E-state index contributed by atoms with van der Waals surface area (Å²) in [6.45, 7) is 3.49. The topological polar surface area (TPSA) is 52.6 Å². The lowest BCUT2D eigenvalue weighted by atomic mass is 9.95. The third-order valence-electron chi connectivity index (χ3n) is 2.46. The minimum Gasteiger partial charge on any atom is -0.492 e.